The molecule has 1 fully saturated rings. The molecule has 1 heterocycles. The van der Waals surface area contributed by atoms with Gasteiger partial charge in [-0.1, -0.05) is 42.5 Å². The molecule has 2 aromatic rings. The van der Waals surface area contributed by atoms with E-state index in [1.807, 2.05) is 11.3 Å². The third-order valence-corrected chi connectivity index (χ3v) is 5.45. The summed E-state index contributed by atoms with van der Waals surface area (Å²) in [4.78, 5) is 1.55. The predicted molar refractivity (Wildman–Crippen MR) is 77.9 cm³/mol. The molecular formula is C17H16S. The molecule has 0 N–H and O–H groups in total. The molecule has 90 valence electrons. The highest BCUT2D eigenvalue weighted by Crippen LogP contribution is 2.53. The first-order valence-electron chi connectivity index (χ1n) is 6.70. The SMILES string of the molecule is C1=CC(c2cccs2)(C2CC2)Cc2ccccc21. The quantitative estimate of drug-likeness (QED) is 0.729. The lowest BCUT2D eigenvalue weighted by Crippen LogP contribution is -2.30. The summed E-state index contributed by atoms with van der Waals surface area (Å²) in [6, 6.07) is 13.4. The molecule has 4 rings (SSSR count). The fraction of sp³-hybridized carbons (Fsp3) is 0.294. The molecular weight excluding hydrogens is 236 g/mol. The van der Waals surface area contributed by atoms with E-state index in [0.29, 0.717) is 5.41 Å². The molecule has 0 radical (unpaired) electrons. The van der Waals surface area contributed by atoms with Crippen LogP contribution in [0.4, 0.5) is 0 Å². The van der Waals surface area contributed by atoms with Gasteiger partial charge in [-0.15, -0.1) is 11.3 Å². The van der Waals surface area contributed by atoms with Crippen molar-refractivity contribution in [2.75, 3.05) is 0 Å². The summed E-state index contributed by atoms with van der Waals surface area (Å²) in [5.41, 5.74) is 3.22. The van der Waals surface area contributed by atoms with E-state index in [2.05, 4.69) is 53.9 Å². The minimum Gasteiger partial charge on any atom is -0.148 e. The minimum absolute atomic E-state index is 0.294. The second kappa shape index (κ2) is 3.83. The molecule has 0 saturated heterocycles. The zero-order chi connectivity index (χ0) is 12.0. The van der Waals surface area contributed by atoms with Gasteiger partial charge in [-0.2, -0.15) is 0 Å². The van der Waals surface area contributed by atoms with Crippen LogP contribution in [0.15, 0.2) is 47.9 Å². The molecule has 2 aliphatic rings. The number of allylic oxidation sites excluding steroid dienone is 1. The minimum atomic E-state index is 0.294. The van der Waals surface area contributed by atoms with Crippen LogP contribution in [-0.4, -0.2) is 0 Å². The van der Waals surface area contributed by atoms with Gasteiger partial charge in [0.05, 0.1) is 0 Å². The van der Waals surface area contributed by atoms with Crippen LogP contribution in [-0.2, 0) is 11.8 Å². The third-order valence-electron chi connectivity index (χ3n) is 4.38. The van der Waals surface area contributed by atoms with Crippen molar-refractivity contribution in [2.45, 2.75) is 24.7 Å². The average molecular weight is 252 g/mol. The van der Waals surface area contributed by atoms with E-state index in [1.54, 1.807) is 4.88 Å². The van der Waals surface area contributed by atoms with E-state index in [-0.39, 0.29) is 0 Å². The van der Waals surface area contributed by atoms with Crippen LogP contribution in [0, 0.1) is 5.92 Å². The van der Waals surface area contributed by atoms with Crippen LogP contribution in [0.1, 0.15) is 28.8 Å². The Labute approximate surface area is 112 Å². The summed E-state index contributed by atoms with van der Waals surface area (Å²) >= 11 is 1.92. The Bertz CT molecular complexity index is 590. The molecule has 1 unspecified atom stereocenters. The number of thiophene rings is 1. The van der Waals surface area contributed by atoms with Crippen molar-refractivity contribution in [3.63, 3.8) is 0 Å². The number of benzene rings is 1. The molecule has 0 aliphatic heterocycles. The monoisotopic (exact) mass is 252 g/mol. The fourth-order valence-electron chi connectivity index (χ4n) is 3.26. The summed E-state index contributed by atoms with van der Waals surface area (Å²) in [5.74, 6) is 0.862. The van der Waals surface area contributed by atoms with Crippen molar-refractivity contribution >= 4 is 17.4 Å². The number of fused-ring (bicyclic) bond motifs is 1. The fourth-order valence-corrected chi connectivity index (χ4v) is 4.25. The average Bonchev–Trinajstić information content (AvgIpc) is 3.13. The highest BCUT2D eigenvalue weighted by atomic mass is 32.1. The molecule has 0 amide bonds. The van der Waals surface area contributed by atoms with Gasteiger partial charge in [-0.25, -0.2) is 0 Å². The van der Waals surface area contributed by atoms with Gasteiger partial charge in [0.25, 0.3) is 0 Å². The molecule has 0 bridgehead atoms. The molecule has 1 aromatic carbocycles. The first-order chi connectivity index (χ1) is 8.88. The van der Waals surface area contributed by atoms with Gasteiger partial charge in [0.1, 0.15) is 0 Å². The van der Waals surface area contributed by atoms with E-state index in [1.165, 1.54) is 30.4 Å². The Balaban J connectivity index is 1.84. The zero-order valence-electron chi connectivity index (χ0n) is 10.3. The Morgan fingerprint density at radius 1 is 1.06 bits per heavy atom. The van der Waals surface area contributed by atoms with Crippen LogP contribution < -0.4 is 0 Å². The predicted octanol–water partition coefficient (Wildman–Crippen LogP) is 4.67. The molecule has 1 aromatic heterocycles. The third kappa shape index (κ3) is 1.50. The van der Waals surface area contributed by atoms with Crippen molar-refractivity contribution in [1.29, 1.82) is 0 Å². The summed E-state index contributed by atoms with van der Waals surface area (Å²) < 4.78 is 0. The van der Waals surface area contributed by atoms with E-state index in [4.69, 9.17) is 0 Å². The van der Waals surface area contributed by atoms with Crippen LogP contribution in [0.2, 0.25) is 0 Å². The van der Waals surface area contributed by atoms with Gasteiger partial charge in [-0.3, -0.25) is 0 Å². The Hall–Kier alpha value is -1.34. The van der Waals surface area contributed by atoms with Gasteiger partial charge in [0, 0.05) is 10.3 Å². The van der Waals surface area contributed by atoms with E-state index in [9.17, 15) is 0 Å². The van der Waals surface area contributed by atoms with Gasteiger partial charge < -0.3 is 0 Å². The lowest BCUT2D eigenvalue weighted by atomic mass is 9.72. The van der Waals surface area contributed by atoms with Gasteiger partial charge in [-0.05, 0) is 47.8 Å². The molecule has 2 aliphatic carbocycles. The lowest BCUT2D eigenvalue weighted by Gasteiger charge is -2.34. The first-order valence-corrected chi connectivity index (χ1v) is 7.58. The van der Waals surface area contributed by atoms with E-state index < -0.39 is 0 Å². The Morgan fingerprint density at radius 2 is 1.94 bits per heavy atom. The van der Waals surface area contributed by atoms with Crippen LogP contribution in [0.25, 0.3) is 6.08 Å². The van der Waals surface area contributed by atoms with E-state index in [0.717, 1.165) is 5.92 Å². The Kier molecular flexibility index (Phi) is 2.25. The van der Waals surface area contributed by atoms with Crippen LogP contribution >= 0.6 is 11.3 Å². The summed E-state index contributed by atoms with van der Waals surface area (Å²) in [7, 11) is 0. The van der Waals surface area contributed by atoms with E-state index >= 15 is 0 Å². The number of hydrogen-bond acceptors (Lipinski definition) is 1. The summed E-state index contributed by atoms with van der Waals surface area (Å²) in [6.07, 6.45) is 8.80. The van der Waals surface area contributed by atoms with Crippen LogP contribution in [0.5, 0.6) is 0 Å². The Morgan fingerprint density at radius 3 is 2.72 bits per heavy atom. The smallest absolute Gasteiger partial charge is 0.0298 e. The largest absolute Gasteiger partial charge is 0.148 e. The van der Waals surface area contributed by atoms with Gasteiger partial charge in [0.2, 0.25) is 0 Å². The zero-order valence-corrected chi connectivity index (χ0v) is 11.1. The van der Waals surface area contributed by atoms with Crippen molar-refractivity contribution in [3.8, 4) is 0 Å². The van der Waals surface area contributed by atoms with Gasteiger partial charge >= 0.3 is 0 Å². The molecule has 1 heteroatoms. The maximum atomic E-state index is 2.48. The first kappa shape index (κ1) is 10.6. The number of rotatable bonds is 2. The molecule has 0 nitrogen and oxygen atoms in total. The summed E-state index contributed by atoms with van der Waals surface area (Å²) in [5, 5.41) is 2.22. The van der Waals surface area contributed by atoms with Crippen molar-refractivity contribution in [2.24, 2.45) is 5.92 Å². The second-order valence-electron chi connectivity index (χ2n) is 5.50. The number of hydrogen-bond donors (Lipinski definition) is 0. The van der Waals surface area contributed by atoms with Crippen molar-refractivity contribution in [1.82, 2.24) is 0 Å². The normalized spacial score (nSPS) is 26.0. The second-order valence-corrected chi connectivity index (χ2v) is 6.45. The maximum Gasteiger partial charge on any atom is 0.0298 e. The molecule has 1 saturated carbocycles. The van der Waals surface area contributed by atoms with Gasteiger partial charge in [0.15, 0.2) is 0 Å². The summed E-state index contributed by atoms with van der Waals surface area (Å²) in [6.45, 7) is 0. The van der Waals surface area contributed by atoms with Crippen LogP contribution in [0.3, 0.4) is 0 Å². The highest BCUT2D eigenvalue weighted by molar-refractivity contribution is 7.10. The standard InChI is InChI=1S/C17H16S/c1-2-5-14-12-17(15-7-8-15,10-9-13(14)4-1)16-6-3-11-18-16/h1-6,9-11,15H,7-8,12H2. The molecule has 1 atom stereocenters. The molecule has 18 heavy (non-hydrogen) atoms. The maximum absolute atomic E-state index is 2.48. The van der Waals surface area contributed by atoms with Crippen molar-refractivity contribution in [3.05, 3.63) is 63.9 Å². The highest BCUT2D eigenvalue weighted by Gasteiger charge is 2.46. The lowest BCUT2D eigenvalue weighted by molar-refractivity contribution is 0.469. The van der Waals surface area contributed by atoms with Crippen molar-refractivity contribution < 1.29 is 0 Å². The topological polar surface area (TPSA) is 0 Å². The molecule has 0 spiro atoms.